The van der Waals surface area contributed by atoms with Gasteiger partial charge >= 0.3 is 0 Å². The van der Waals surface area contributed by atoms with Crippen LogP contribution in [-0.2, 0) is 30.0 Å². The molecule has 2 aromatic heterocycles. The zero-order chi connectivity index (χ0) is 32.4. The molecule has 2 spiro atoms. The molecular weight excluding hydrogens is 633 g/mol. The van der Waals surface area contributed by atoms with Crippen LogP contribution in [0.2, 0.25) is 0 Å². The summed E-state index contributed by atoms with van der Waals surface area (Å²) in [6, 6.07) is 0. The molecule has 4 fully saturated rings. The minimum atomic E-state index is -0.177. The van der Waals surface area contributed by atoms with Gasteiger partial charge in [-0.3, -0.25) is 19.2 Å². The minimum Gasteiger partial charge on any atom is -0.288 e. The van der Waals surface area contributed by atoms with Crippen LogP contribution in [0.4, 0.5) is 0 Å². The quantitative estimate of drug-likeness (QED) is 0.236. The first-order valence-corrected chi connectivity index (χ1v) is 19.5. The average Bonchev–Trinajstić information content (AvgIpc) is 3.90. The number of hydrogen-bond donors (Lipinski definition) is 0. The van der Waals surface area contributed by atoms with E-state index in [1.807, 2.05) is 59.1 Å². The minimum absolute atomic E-state index is 0.106. The lowest BCUT2D eigenvalue weighted by molar-refractivity contribution is -0.116. The summed E-state index contributed by atoms with van der Waals surface area (Å²) in [5, 5.41) is 0. The second-order valence-corrected chi connectivity index (χ2v) is 17.0. The molecule has 8 aliphatic carbocycles. The molecule has 0 amide bonds. The van der Waals surface area contributed by atoms with Gasteiger partial charge in [0.05, 0.1) is 20.5 Å². The number of rotatable bonds is 2. The summed E-state index contributed by atoms with van der Waals surface area (Å²) < 4.78 is 2.74. The third-order valence-corrected chi connectivity index (χ3v) is 14.9. The average molecular weight is 669 g/mol. The summed E-state index contributed by atoms with van der Waals surface area (Å²) in [6.45, 7) is 0. The monoisotopic (exact) mass is 668 g/mol. The molecule has 4 nitrogen and oxygen atoms in total. The molecule has 0 atom stereocenters. The van der Waals surface area contributed by atoms with Crippen molar-refractivity contribution in [1.29, 1.82) is 0 Å². The highest BCUT2D eigenvalue weighted by molar-refractivity contribution is 7.29. The first-order valence-electron chi connectivity index (χ1n) is 17.9. The summed E-state index contributed by atoms with van der Waals surface area (Å²) in [5.74, 6) is -0.424. The maximum Gasteiger partial charge on any atom is 0.197 e. The normalized spacial score (nSPS) is 25.1. The van der Waals surface area contributed by atoms with Crippen LogP contribution in [0.1, 0.15) is 111 Å². The first kappa shape index (κ1) is 29.2. The van der Waals surface area contributed by atoms with Gasteiger partial charge in [0.2, 0.25) is 0 Å². The lowest BCUT2D eigenvalue weighted by Crippen LogP contribution is -2.29. The standard InChI is InChI=1S/C42H36O4S2/c43-35-25-11-3-4-12-26(25)36(44)29(35)19-23-21-31-33(41(23)15-7-1-8-16-41)39-40(47-31)34-32(48-39)22-24(42(34)17-9-2-10-18-42)20-30-37(45)27-13-5-6-14-28(27)38(30)46/h11-14,19-22H,1-10,15-18H2. The number of hydrogen-bond acceptors (Lipinski definition) is 6. The largest absolute Gasteiger partial charge is 0.288 e. The molecule has 10 rings (SSSR count). The molecule has 0 radical (unpaired) electrons. The van der Waals surface area contributed by atoms with Gasteiger partial charge in [-0.05, 0) is 97.9 Å². The van der Waals surface area contributed by atoms with E-state index in [0.717, 1.165) is 88.2 Å². The fourth-order valence-electron chi connectivity index (χ4n) is 10.2. The molecule has 0 aliphatic heterocycles. The molecule has 0 unspecified atom stereocenters. The number of carbonyl (C=O) groups excluding carboxylic acids is 4. The van der Waals surface area contributed by atoms with E-state index in [9.17, 15) is 19.2 Å². The van der Waals surface area contributed by atoms with Crippen molar-refractivity contribution in [1.82, 2.24) is 0 Å². The molecule has 2 aromatic rings. The zero-order valence-electron chi connectivity index (χ0n) is 27.0. The van der Waals surface area contributed by atoms with E-state index in [2.05, 4.69) is 12.2 Å². The smallest absolute Gasteiger partial charge is 0.197 e. The molecule has 8 aliphatic rings. The Bertz CT molecular complexity index is 1970. The van der Waals surface area contributed by atoms with Gasteiger partial charge < -0.3 is 0 Å². The van der Waals surface area contributed by atoms with Gasteiger partial charge in [-0.15, -0.1) is 22.7 Å². The lowest BCUT2D eigenvalue weighted by Gasteiger charge is -2.37. The van der Waals surface area contributed by atoms with Gasteiger partial charge in [0.1, 0.15) is 0 Å². The van der Waals surface area contributed by atoms with E-state index in [4.69, 9.17) is 0 Å². The van der Waals surface area contributed by atoms with Gasteiger partial charge in [-0.2, -0.15) is 0 Å². The van der Waals surface area contributed by atoms with E-state index in [1.54, 1.807) is 0 Å². The highest BCUT2D eigenvalue weighted by Crippen LogP contribution is 2.63. The summed E-state index contributed by atoms with van der Waals surface area (Å²) in [5.41, 5.74) is 7.87. The van der Waals surface area contributed by atoms with E-state index < -0.39 is 0 Å². The fraction of sp³-hybridized carbons (Fsp3) is 0.381. The van der Waals surface area contributed by atoms with Crippen molar-refractivity contribution in [2.45, 2.75) is 101 Å². The lowest BCUT2D eigenvalue weighted by atomic mass is 9.66. The highest BCUT2D eigenvalue weighted by Gasteiger charge is 2.50. The van der Waals surface area contributed by atoms with Crippen LogP contribution in [-0.4, -0.2) is 23.1 Å². The van der Waals surface area contributed by atoms with Crippen LogP contribution >= 0.6 is 22.7 Å². The maximum absolute atomic E-state index is 13.5. The molecule has 48 heavy (non-hydrogen) atoms. The van der Waals surface area contributed by atoms with E-state index >= 15 is 0 Å². The van der Waals surface area contributed by atoms with Crippen LogP contribution in [0.25, 0.3) is 21.6 Å². The topological polar surface area (TPSA) is 68.3 Å². The Morgan fingerprint density at radius 1 is 0.479 bits per heavy atom. The third-order valence-electron chi connectivity index (χ3n) is 12.5. The Morgan fingerprint density at radius 3 is 1.15 bits per heavy atom. The zero-order valence-corrected chi connectivity index (χ0v) is 28.6. The van der Waals surface area contributed by atoms with E-state index in [0.29, 0.717) is 33.4 Å². The molecule has 0 saturated heterocycles. The third kappa shape index (κ3) is 3.76. The number of allylic oxidation sites excluding steroid dienone is 14. The maximum atomic E-state index is 13.5. The van der Waals surface area contributed by atoms with Gasteiger partial charge in [0, 0.05) is 42.9 Å². The van der Waals surface area contributed by atoms with Crippen molar-refractivity contribution in [3.63, 3.8) is 0 Å². The molecule has 0 bridgehead atoms. The summed E-state index contributed by atoms with van der Waals surface area (Å²) in [6.07, 6.45) is 30.7. The predicted octanol–water partition coefficient (Wildman–Crippen LogP) is 9.61. The molecule has 4 saturated carbocycles. The first-order chi connectivity index (χ1) is 23.4. The van der Waals surface area contributed by atoms with Crippen LogP contribution in [0.5, 0.6) is 0 Å². The van der Waals surface area contributed by atoms with Crippen molar-refractivity contribution >= 4 is 67.4 Å². The van der Waals surface area contributed by atoms with Gasteiger partial charge in [-0.25, -0.2) is 0 Å². The van der Waals surface area contributed by atoms with E-state index in [1.165, 1.54) is 43.1 Å². The second-order valence-electron chi connectivity index (χ2n) is 14.9. The van der Waals surface area contributed by atoms with Crippen molar-refractivity contribution in [2.24, 2.45) is 0 Å². The number of thiophene rings is 2. The van der Waals surface area contributed by atoms with Gasteiger partial charge in [-0.1, -0.05) is 62.8 Å². The van der Waals surface area contributed by atoms with Crippen LogP contribution in [0.15, 0.2) is 81.0 Å². The SMILES string of the molecule is O=C1C(=CC2=Cc3sc4c5c(sc4c3C23CCCCC3)C=C(C=C2C(=O)C3=CCCC=C3C2=O)C52CCCCC2)C(=O)C2=CCCC=C12. The van der Waals surface area contributed by atoms with Crippen molar-refractivity contribution in [2.75, 3.05) is 0 Å². The summed E-state index contributed by atoms with van der Waals surface area (Å²) >= 11 is 3.77. The van der Waals surface area contributed by atoms with Crippen molar-refractivity contribution in [3.8, 4) is 0 Å². The molecular formula is C42H36O4S2. The van der Waals surface area contributed by atoms with E-state index in [-0.39, 0.29) is 34.0 Å². The molecule has 0 aromatic carbocycles. The molecule has 240 valence electrons. The van der Waals surface area contributed by atoms with Crippen molar-refractivity contribution in [3.05, 3.63) is 102 Å². The fourth-order valence-corrected chi connectivity index (χ4v) is 13.4. The Balaban J connectivity index is 1.11. The Morgan fingerprint density at radius 2 is 0.812 bits per heavy atom. The number of ketones is 4. The van der Waals surface area contributed by atoms with Crippen LogP contribution in [0, 0.1) is 0 Å². The molecule has 6 heteroatoms. The Kier molecular flexibility index (Phi) is 6.32. The van der Waals surface area contributed by atoms with Crippen LogP contribution in [0.3, 0.4) is 0 Å². The van der Waals surface area contributed by atoms with Crippen molar-refractivity contribution < 1.29 is 19.2 Å². The number of Topliss-reactive ketones (excluding diaryl/α,β-unsaturated/α-hetero) is 4. The summed E-state index contributed by atoms with van der Waals surface area (Å²) in [4.78, 5) is 56.5. The molecule has 0 N–H and O–H groups in total. The second kappa shape index (κ2) is 10.4. The predicted molar refractivity (Wildman–Crippen MR) is 192 cm³/mol. The summed E-state index contributed by atoms with van der Waals surface area (Å²) in [7, 11) is 0. The van der Waals surface area contributed by atoms with Gasteiger partial charge in [0.25, 0.3) is 0 Å². The number of fused-ring (bicyclic) bond motifs is 9. The highest BCUT2D eigenvalue weighted by atomic mass is 32.1. The molecule has 2 heterocycles. The number of carbonyl (C=O) groups is 4. The Labute approximate surface area is 288 Å². The van der Waals surface area contributed by atoms with Crippen LogP contribution < -0.4 is 0 Å². The van der Waals surface area contributed by atoms with Gasteiger partial charge in [0.15, 0.2) is 23.1 Å². The Hall–Kier alpha value is -3.74.